The zero-order valence-electron chi connectivity index (χ0n) is 13.4. The minimum Gasteiger partial charge on any atom is -0.489 e. The third-order valence-corrected chi connectivity index (χ3v) is 5.56. The van der Waals surface area contributed by atoms with Crippen LogP contribution in [0.25, 0.3) is 0 Å². The van der Waals surface area contributed by atoms with Gasteiger partial charge in [-0.3, -0.25) is 4.79 Å². The number of halogens is 1. The molecule has 3 aromatic rings. The molecule has 5 heteroatoms. The maximum atomic E-state index is 12.1. The second-order valence-electron chi connectivity index (χ2n) is 5.96. The van der Waals surface area contributed by atoms with Crippen LogP contribution >= 0.6 is 22.9 Å². The maximum absolute atomic E-state index is 12.1. The number of ether oxygens (including phenoxy) is 1. The Morgan fingerprint density at radius 3 is 2.76 bits per heavy atom. The molecule has 25 heavy (non-hydrogen) atoms. The van der Waals surface area contributed by atoms with Crippen molar-refractivity contribution in [3.8, 4) is 5.75 Å². The van der Waals surface area contributed by atoms with Gasteiger partial charge in [-0.1, -0.05) is 41.9 Å². The summed E-state index contributed by atoms with van der Waals surface area (Å²) in [4.78, 5) is 13.3. The maximum Gasteiger partial charge on any atom is 0.225 e. The van der Waals surface area contributed by atoms with E-state index in [1.54, 1.807) is 11.3 Å². The van der Waals surface area contributed by atoms with Gasteiger partial charge in [-0.2, -0.15) is 0 Å². The minimum absolute atomic E-state index is 0.0326. The van der Waals surface area contributed by atoms with E-state index >= 15 is 0 Å². The highest BCUT2D eigenvalue weighted by Crippen LogP contribution is 2.43. The molecule has 2 aromatic carbocycles. The van der Waals surface area contributed by atoms with E-state index in [-0.39, 0.29) is 11.8 Å². The van der Waals surface area contributed by atoms with Crippen LogP contribution in [-0.2, 0) is 11.4 Å². The first kappa shape index (κ1) is 16.2. The summed E-state index contributed by atoms with van der Waals surface area (Å²) < 4.78 is 6.07. The lowest BCUT2D eigenvalue weighted by atomic mass is 9.90. The third-order valence-electron chi connectivity index (χ3n) is 4.28. The summed E-state index contributed by atoms with van der Waals surface area (Å²) in [5.74, 6) is 0.894. The lowest BCUT2D eigenvalue weighted by Gasteiger charge is -2.24. The zero-order chi connectivity index (χ0) is 17.2. The van der Waals surface area contributed by atoms with Gasteiger partial charge in [0.05, 0.1) is 5.69 Å². The first-order valence-electron chi connectivity index (χ1n) is 8.04. The smallest absolute Gasteiger partial charge is 0.225 e. The van der Waals surface area contributed by atoms with E-state index in [4.69, 9.17) is 16.3 Å². The van der Waals surface area contributed by atoms with E-state index in [1.807, 2.05) is 60.0 Å². The average molecular weight is 370 g/mol. The van der Waals surface area contributed by atoms with E-state index in [0.717, 1.165) is 22.6 Å². The Morgan fingerprint density at radius 1 is 1.12 bits per heavy atom. The molecule has 0 radical (unpaired) electrons. The Bertz CT molecular complexity index is 904. The molecule has 4 rings (SSSR count). The first-order valence-corrected chi connectivity index (χ1v) is 9.30. The number of rotatable bonds is 4. The van der Waals surface area contributed by atoms with Gasteiger partial charge in [-0.15, -0.1) is 11.3 Å². The fourth-order valence-electron chi connectivity index (χ4n) is 3.07. The number of benzene rings is 2. The van der Waals surface area contributed by atoms with Gasteiger partial charge in [0, 0.05) is 27.8 Å². The van der Waals surface area contributed by atoms with Gasteiger partial charge >= 0.3 is 0 Å². The van der Waals surface area contributed by atoms with Crippen LogP contribution in [0.1, 0.15) is 28.3 Å². The molecule has 0 fully saturated rings. The van der Waals surface area contributed by atoms with Crippen molar-refractivity contribution in [1.29, 1.82) is 0 Å². The highest BCUT2D eigenvalue weighted by atomic mass is 35.5. The number of carbonyl (C=O) groups excluding carboxylic acids is 1. The largest absolute Gasteiger partial charge is 0.489 e. The zero-order valence-corrected chi connectivity index (χ0v) is 14.9. The van der Waals surface area contributed by atoms with Gasteiger partial charge in [0.25, 0.3) is 0 Å². The first-order chi connectivity index (χ1) is 12.2. The molecule has 1 aliphatic heterocycles. The lowest BCUT2D eigenvalue weighted by Crippen LogP contribution is -2.22. The molecule has 1 N–H and O–H groups in total. The number of anilines is 1. The van der Waals surface area contributed by atoms with Crippen LogP contribution in [0.3, 0.4) is 0 Å². The number of hydrogen-bond acceptors (Lipinski definition) is 3. The van der Waals surface area contributed by atoms with Crippen LogP contribution in [0, 0.1) is 0 Å². The summed E-state index contributed by atoms with van der Waals surface area (Å²) in [6, 6.07) is 17.5. The van der Waals surface area contributed by atoms with Crippen molar-refractivity contribution < 1.29 is 9.53 Å². The summed E-state index contributed by atoms with van der Waals surface area (Å²) in [6.45, 7) is 0.463. The topological polar surface area (TPSA) is 38.3 Å². The van der Waals surface area contributed by atoms with E-state index in [0.29, 0.717) is 18.1 Å². The van der Waals surface area contributed by atoms with Gasteiger partial charge in [0.15, 0.2) is 0 Å². The Labute approximate surface area is 155 Å². The van der Waals surface area contributed by atoms with Crippen molar-refractivity contribution in [2.75, 3.05) is 5.32 Å². The van der Waals surface area contributed by atoms with Crippen molar-refractivity contribution in [3.05, 3.63) is 81.0 Å². The second kappa shape index (κ2) is 6.90. The molecule has 1 aromatic heterocycles. The molecule has 126 valence electrons. The van der Waals surface area contributed by atoms with Crippen molar-refractivity contribution in [3.63, 3.8) is 0 Å². The standard InChI is InChI=1S/C20H16ClNO2S/c21-14-7-5-13(6-8-14)12-24-18-4-2-1-3-15(18)16-11-19(23)22-17-9-10-25-20(16)17/h1-10,16H,11-12H2,(H,22,23)/t16-/m1/s1. The predicted octanol–water partition coefficient (Wildman–Crippen LogP) is 5.45. The highest BCUT2D eigenvalue weighted by Gasteiger charge is 2.29. The molecule has 3 nitrogen and oxygen atoms in total. The molecule has 1 atom stereocenters. The molecule has 0 saturated heterocycles. The molecule has 2 heterocycles. The fourth-order valence-corrected chi connectivity index (χ4v) is 4.16. The molecular formula is C20H16ClNO2S. The number of thiophene rings is 1. The predicted molar refractivity (Wildman–Crippen MR) is 102 cm³/mol. The Kier molecular flexibility index (Phi) is 4.47. The number of amides is 1. The van der Waals surface area contributed by atoms with Crippen molar-refractivity contribution in [2.45, 2.75) is 18.9 Å². The number of para-hydroxylation sites is 1. The van der Waals surface area contributed by atoms with Crippen molar-refractivity contribution in [2.24, 2.45) is 0 Å². The van der Waals surface area contributed by atoms with E-state index < -0.39 is 0 Å². The number of nitrogens with one attached hydrogen (secondary N) is 1. The van der Waals surface area contributed by atoms with Crippen molar-refractivity contribution >= 4 is 34.5 Å². The second-order valence-corrected chi connectivity index (χ2v) is 7.34. The number of carbonyl (C=O) groups is 1. The molecule has 0 spiro atoms. The summed E-state index contributed by atoms with van der Waals surface area (Å²) >= 11 is 7.60. The van der Waals surface area contributed by atoms with E-state index in [2.05, 4.69) is 5.32 Å². The van der Waals surface area contributed by atoms with Crippen LogP contribution in [0.2, 0.25) is 5.02 Å². The molecule has 0 aliphatic carbocycles. The molecular weight excluding hydrogens is 354 g/mol. The fraction of sp³-hybridized carbons (Fsp3) is 0.150. The quantitative estimate of drug-likeness (QED) is 0.663. The molecule has 0 saturated carbocycles. The monoisotopic (exact) mass is 369 g/mol. The van der Waals surface area contributed by atoms with Crippen LogP contribution in [0.15, 0.2) is 60.0 Å². The number of hydrogen-bond donors (Lipinski definition) is 1. The minimum atomic E-state index is 0.0326. The SMILES string of the molecule is O=C1C[C@H](c2ccccc2OCc2ccc(Cl)cc2)c2sccc2N1. The van der Waals surface area contributed by atoms with Crippen LogP contribution in [0.4, 0.5) is 5.69 Å². The van der Waals surface area contributed by atoms with Crippen LogP contribution in [-0.4, -0.2) is 5.91 Å². The highest BCUT2D eigenvalue weighted by molar-refractivity contribution is 7.10. The third kappa shape index (κ3) is 3.41. The molecule has 0 bridgehead atoms. The number of fused-ring (bicyclic) bond motifs is 1. The van der Waals surface area contributed by atoms with E-state index in [9.17, 15) is 4.79 Å². The molecule has 1 aliphatic rings. The molecule has 0 unspecified atom stereocenters. The van der Waals surface area contributed by atoms with Gasteiger partial charge in [0.1, 0.15) is 12.4 Å². The van der Waals surface area contributed by atoms with Crippen molar-refractivity contribution in [1.82, 2.24) is 0 Å². The Hall–Kier alpha value is -2.30. The Morgan fingerprint density at radius 2 is 1.92 bits per heavy atom. The van der Waals surface area contributed by atoms with Gasteiger partial charge in [-0.05, 0) is 35.2 Å². The summed E-state index contributed by atoms with van der Waals surface area (Å²) in [5.41, 5.74) is 3.02. The normalized spacial score (nSPS) is 16.2. The summed E-state index contributed by atoms with van der Waals surface area (Å²) in [5, 5.41) is 5.67. The Balaban J connectivity index is 1.61. The van der Waals surface area contributed by atoms with Crippen LogP contribution in [0.5, 0.6) is 5.75 Å². The molecule has 1 amide bonds. The van der Waals surface area contributed by atoms with Gasteiger partial charge < -0.3 is 10.1 Å². The van der Waals surface area contributed by atoms with Crippen LogP contribution < -0.4 is 10.1 Å². The van der Waals surface area contributed by atoms with Gasteiger partial charge in [0.2, 0.25) is 5.91 Å². The average Bonchev–Trinajstić information content (AvgIpc) is 3.09. The van der Waals surface area contributed by atoms with E-state index in [1.165, 1.54) is 4.88 Å². The summed E-state index contributed by atoms with van der Waals surface area (Å²) in [7, 11) is 0. The summed E-state index contributed by atoms with van der Waals surface area (Å²) in [6.07, 6.45) is 0.439. The van der Waals surface area contributed by atoms with Gasteiger partial charge in [-0.25, -0.2) is 0 Å². The lowest BCUT2D eigenvalue weighted by molar-refractivity contribution is -0.116.